The molecule has 26 heavy (non-hydrogen) atoms. The lowest BCUT2D eigenvalue weighted by Crippen LogP contribution is -2.39. The fraction of sp³-hybridized carbons (Fsp3) is 0.421. The molecule has 0 spiro atoms. The van der Waals surface area contributed by atoms with Crippen molar-refractivity contribution < 1.29 is 13.9 Å². The highest BCUT2D eigenvalue weighted by Crippen LogP contribution is 2.12. The zero-order chi connectivity index (χ0) is 17.9. The van der Waals surface area contributed by atoms with E-state index in [-0.39, 0.29) is 24.0 Å². The van der Waals surface area contributed by atoms with E-state index >= 15 is 0 Å². The van der Waals surface area contributed by atoms with Crippen LogP contribution in [0, 0.1) is 0 Å². The van der Waals surface area contributed by atoms with Gasteiger partial charge in [0.15, 0.2) is 5.96 Å². The van der Waals surface area contributed by atoms with E-state index in [0.717, 1.165) is 37.0 Å². The van der Waals surface area contributed by atoms with E-state index in [4.69, 9.17) is 13.9 Å². The average molecular weight is 473 g/mol. The molecular weight excluding hydrogens is 445 g/mol. The summed E-state index contributed by atoms with van der Waals surface area (Å²) in [6, 6.07) is 11.9. The SMILES string of the molecule is COCCN=C(NCCc1ccco1)N(C)Cc1ccc(OC)cc1.I. The highest BCUT2D eigenvalue weighted by molar-refractivity contribution is 14.0. The molecule has 144 valence electrons. The molecule has 0 aliphatic carbocycles. The van der Waals surface area contributed by atoms with Gasteiger partial charge in [0, 0.05) is 33.7 Å². The predicted molar refractivity (Wildman–Crippen MR) is 114 cm³/mol. The average Bonchev–Trinajstić information content (AvgIpc) is 3.14. The normalized spacial score (nSPS) is 11.0. The fourth-order valence-electron chi connectivity index (χ4n) is 2.39. The number of guanidine groups is 1. The summed E-state index contributed by atoms with van der Waals surface area (Å²) >= 11 is 0. The molecule has 2 aromatic rings. The lowest BCUT2D eigenvalue weighted by molar-refractivity contribution is 0.207. The number of furan rings is 1. The van der Waals surface area contributed by atoms with Crippen LogP contribution in [0.2, 0.25) is 0 Å². The quantitative estimate of drug-likeness (QED) is 0.263. The van der Waals surface area contributed by atoms with Crippen LogP contribution in [0.1, 0.15) is 11.3 Å². The summed E-state index contributed by atoms with van der Waals surface area (Å²) in [6.07, 6.45) is 2.51. The van der Waals surface area contributed by atoms with Crippen LogP contribution in [0.4, 0.5) is 0 Å². The Morgan fingerprint density at radius 2 is 1.96 bits per heavy atom. The topological polar surface area (TPSA) is 59.2 Å². The van der Waals surface area contributed by atoms with Crippen molar-refractivity contribution in [1.29, 1.82) is 0 Å². The number of methoxy groups -OCH3 is 2. The Labute approximate surface area is 172 Å². The van der Waals surface area contributed by atoms with Gasteiger partial charge in [-0.05, 0) is 29.8 Å². The van der Waals surface area contributed by atoms with E-state index in [1.807, 2.05) is 31.3 Å². The number of rotatable bonds is 9. The van der Waals surface area contributed by atoms with Crippen LogP contribution in [0.5, 0.6) is 5.75 Å². The highest BCUT2D eigenvalue weighted by Gasteiger charge is 2.08. The molecule has 2 rings (SSSR count). The van der Waals surface area contributed by atoms with Crippen LogP contribution in [-0.2, 0) is 17.7 Å². The first kappa shape index (κ1) is 22.3. The first-order valence-electron chi connectivity index (χ1n) is 8.36. The third-order valence-corrected chi connectivity index (χ3v) is 3.73. The van der Waals surface area contributed by atoms with E-state index in [1.54, 1.807) is 20.5 Å². The number of nitrogens with zero attached hydrogens (tertiary/aromatic N) is 2. The smallest absolute Gasteiger partial charge is 0.194 e. The largest absolute Gasteiger partial charge is 0.497 e. The molecule has 0 amide bonds. The van der Waals surface area contributed by atoms with Crippen molar-refractivity contribution in [1.82, 2.24) is 10.2 Å². The van der Waals surface area contributed by atoms with Gasteiger partial charge in [-0.2, -0.15) is 0 Å². The minimum Gasteiger partial charge on any atom is -0.497 e. The van der Waals surface area contributed by atoms with Gasteiger partial charge in [-0.15, -0.1) is 24.0 Å². The summed E-state index contributed by atoms with van der Waals surface area (Å²) in [6.45, 7) is 2.72. The second-order valence-corrected chi connectivity index (χ2v) is 5.66. The summed E-state index contributed by atoms with van der Waals surface area (Å²) in [5.74, 6) is 2.66. The molecule has 0 atom stereocenters. The van der Waals surface area contributed by atoms with E-state index in [9.17, 15) is 0 Å². The molecule has 0 radical (unpaired) electrons. The molecule has 1 heterocycles. The first-order valence-corrected chi connectivity index (χ1v) is 8.36. The van der Waals surface area contributed by atoms with Gasteiger partial charge < -0.3 is 24.1 Å². The third kappa shape index (κ3) is 7.65. The van der Waals surface area contributed by atoms with Gasteiger partial charge >= 0.3 is 0 Å². The van der Waals surface area contributed by atoms with Crippen LogP contribution in [0.15, 0.2) is 52.1 Å². The van der Waals surface area contributed by atoms with E-state index < -0.39 is 0 Å². The molecular formula is C19H28IN3O3. The molecule has 0 aliphatic rings. The molecule has 1 aromatic carbocycles. The highest BCUT2D eigenvalue weighted by atomic mass is 127. The number of ether oxygens (including phenoxy) is 2. The maximum absolute atomic E-state index is 5.37. The molecule has 6 nitrogen and oxygen atoms in total. The number of halogens is 1. The number of aliphatic imine (C=N–C) groups is 1. The second kappa shape index (κ2) is 12.6. The Bertz CT molecular complexity index is 630. The van der Waals surface area contributed by atoms with Gasteiger partial charge in [0.1, 0.15) is 11.5 Å². The molecule has 0 saturated heterocycles. The van der Waals surface area contributed by atoms with Gasteiger partial charge in [0.25, 0.3) is 0 Å². The van der Waals surface area contributed by atoms with Crippen LogP contribution in [0.3, 0.4) is 0 Å². The Hall–Kier alpha value is -1.74. The first-order chi connectivity index (χ1) is 12.2. The van der Waals surface area contributed by atoms with Crippen molar-refractivity contribution in [2.24, 2.45) is 4.99 Å². The Balaban J connectivity index is 0.00000338. The number of nitrogens with one attached hydrogen (secondary N) is 1. The minimum absolute atomic E-state index is 0. The van der Waals surface area contributed by atoms with Gasteiger partial charge in [0.2, 0.25) is 0 Å². The monoisotopic (exact) mass is 473 g/mol. The van der Waals surface area contributed by atoms with Crippen molar-refractivity contribution in [3.63, 3.8) is 0 Å². The summed E-state index contributed by atoms with van der Waals surface area (Å²) in [7, 11) is 5.38. The van der Waals surface area contributed by atoms with Crippen LogP contribution < -0.4 is 10.1 Å². The fourth-order valence-corrected chi connectivity index (χ4v) is 2.39. The van der Waals surface area contributed by atoms with Gasteiger partial charge in [-0.25, -0.2) is 0 Å². The lowest BCUT2D eigenvalue weighted by atomic mass is 10.2. The van der Waals surface area contributed by atoms with Crippen molar-refractivity contribution in [2.45, 2.75) is 13.0 Å². The Morgan fingerprint density at radius 1 is 1.19 bits per heavy atom. The number of hydrogen-bond acceptors (Lipinski definition) is 4. The summed E-state index contributed by atoms with van der Waals surface area (Å²) in [5, 5.41) is 3.40. The summed E-state index contributed by atoms with van der Waals surface area (Å²) < 4.78 is 15.7. The van der Waals surface area contributed by atoms with E-state index in [2.05, 4.69) is 27.3 Å². The third-order valence-electron chi connectivity index (χ3n) is 3.73. The minimum atomic E-state index is 0. The lowest BCUT2D eigenvalue weighted by Gasteiger charge is -2.22. The van der Waals surface area contributed by atoms with E-state index in [0.29, 0.717) is 13.2 Å². The molecule has 0 saturated carbocycles. The molecule has 0 bridgehead atoms. The Morgan fingerprint density at radius 3 is 2.58 bits per heavy atom. The van der Waals surface area contributed by atoms with Crippen molar-refractivity contribution >= 4 is 29.9 Å². The standard InChI is InChI=1S/C19H27N3O3.HI/c1-22(15-16-6-8-17(24-3)9-7-16)19(21-12-14-23-2)20-11-10-18-5-4-13-25-18;/h4-9,13H,10-12,14-15H2,1-3H3,(H,20,21);1H. The second-order valence-electron chi connectivity index (χ2n) is 5.66. The van der Waals surface area contributed by atoms with Gasteiger partial charge in [0.05, 0.1) is 26.5 Å². The zero-order valence-electron chi connectivity index (χ0n) is 15.6. The predicted octanol–water partition coefficient (Wildman–Crippen LogP) is 3.17. The van der Waals surface area contributed by atoms with Crippen molar-refractivity contribution in [2.75, 3.05) is 41.0 Å². The Kier molecular flexibility index (Phi) is 10.8. The summed E-state index contributed by atoms with van der Waals surface area (Å²) in [4.78, 5) is 6.71. The van der Waals surface area contributed by atoms with Crippen molar-refractivity contribution in [3.8, 4) is 5.75 Å². The van der Waals surface area contributed by atoms with Crippen LogP contribution in [0.25, 0.3) is 0 Å². The van der Waals surface area contributed by atoms with Crippen LogP contribution >= 0.6 is 24.0 Å². The molecule has 0 unspecified atom stereocenters. The number of benzene rings is 1. The maximum Gasteiger partial charge on any atom is 0.194 e. The van der Waals surface area contributed by atoms with E-state index in [1.165, 1.54) is 5.56 Å². The van der Waals surface area contributed by atoms with Crippen LogP contribution in [-0.4, -0.2) is 51.8 Å². The summed E-state index contributed by atoms with van der Waals surface area (Å²) in [5.41, 5.74) is 1.19. The van der Waals surface area contributed by atoms with Crippen molar-refractivity contribution in [3.05, 3.63) is 54.0 Å². The molecule has 0 aliphatic heterocycles. The zero-order valence-corrected chi connectivity index (χ0v) is 17.9. The van der Waals surface area contributed by atoms with Gasteiger partial charge in [-0.3, -0.25) is 4.99 Å². The molecule has 1 N–H and O–H groups in total. The molecule has 7 heteroatoms. The maximum atomic E-state index is 5.37. The van der Waals surface area contributed by atoms with Gasteiger partial charge in [-0.1, -0.05) is 12.1 Å². The molecule has 0 fully saturated rings. The number of hydrogen-bond donors (Lipinski definition) is 1. The molecule has 1 aromatic heterocycles.